The highest BCUT2D eigenvalue weighted by Crippen LogP contribution is 2.28. The lowest BCUT2D eigenvalue weighted by molar-refractivity contribution is -0.151. The summed E-state index contributed by atoms with van der Waals surface area (Å²) in [5.74, 6) is 14.4. The number of aliphatic hydroxyl groups is 3. The van der Waals surface area contributed by atoms with E-state index in [0.717, 1.165) is 42.4 Å². The molecule has 0 saturated carbocycles. The molecule has 107 heavy (non-hydrogen) atoms. The number of hydrogen-bond donors (Lipinski definition) is 5. The van der Waals surface area contributed by atoms with E-state index < -0.39 is 52.6 Å². The van der Waals surface area contributed by atoms with E-state index in [0.29, 0.717) is 11.9 Å². The molecule has 6 aromatic heterocycles. The number of alkyl halides is 4. The number of anilines is 1. The van der Waals surface area contributed by atoms with Crippen LogP contribution < -0.4 is 4.72 Å². The third kappa shape index (κ3) is 41.9. The van der Waals surface area contributed by atoms with Crippen molar-refractivity contribution < 1.29 is 51.2 Å². The average Bonchev–Trinajstić information content (AvgIpc) is 1.64. The Kier molecular flexibility index (Phi) is 38.3. The zero-order valence-corrected chi connectivity index (χ0v) is 72.3. The normalized spacial score (nSPS) is 13.1. The van der Waals surface area contributed by atoms with Gasteiger partial charge in [-0.25, -0.2) is 40.7 Å². The second kappa shape index (κ2) is 40.5. The number of aryl methyl sites for hydroxylation is 4. The number of hydrogen-bond acceptors (Lipinski definition) is 13. The molecule has 0 bridgehead atoms. The van der Waals surface area contributed by atoms with E-state index in [-0.39, 0.29) is 48.9 Å². The highest BCUT2D eigenvalue weighted by Gasteiger charge is 2.31. The molecule has 0 aliphatic carbocycles. The number of fused-ring (bicyclic) bond motifs is 1. The highest BCUT2D eigenvalue weighted by atomic mass is 32.2. The summed E-state index contributed by atoms with van der Waals surface area (Å²) < 4.78 is 82.3. The van der Waals surface area contributed by atoms with Crippen molar-refractivity contribution in [2.45, 2.75) is 283 Å². The molecule has 0 spiro atoms. The molecule has 0 saturated heterocycles. The van der Waals surface area contributed by atoms with Crippen LogP contribution in [-0.4, -0.2) is 137 Å². The van der Waals surface area contributed by atoms with Gasteiger partial charge in [-0.1, -0.05) is 152 Å². The number of halogens is 4. The Bertz CT molecular complexity index is 4060. The topological polar surface area (TPSA) is 259 Å². The molecule has 602 valence electrons. The number of aliphatic carboxylic acids is 1. The van der Waals surface area contributed by atoms with Crippen molar-refractivity contribution >= 4 is 32.7 Å². The first kappa shape index (κ1) is 101. The zero-order valence-electron chi connectivity index (χ0n) is 71.5. The Morgan fingerprint density at radius 2 is 0.981 bits per heavy atom. The van der Waals surface area contributed by atoms with Crippen LogP contribution in [0.5, 0.6) is 0 Å². The van der Waals surface area contributed by atoms with Crippen molar-refractivity contribution in [2.24, 2.45) is 37.4 Å². The molecule has 0 amide bonds. The summed E-state index contributed by atoms with van der Waals surface area (Å²) in [5.41, 5.74) is 0.939. The van der Waals surface area contributed by atoms with Crippen LogP contribution in [0.2, 0.25) is 0 Å². The van der Waals surface area contributed by atoms with E-state index in [1.54, 1.807) is 65.7 Å². The van der Waals surface area contributed by atoms with Gasteiger partial charge in [0.05, 0.1) is 35.9 Å². The second-order valence-electron chi connectivity index (χ2n) is 36.2. The average molecular weight is 1520 g/mol. The summed E-state index contributed by atoms with van der Waals surface area (Å²) in [6, 6.07) is 10.0. The number of rotatable bonds is 7. The van der Waals surface area contributed by atoms with Crippen molar-refractivity contribution in [1.29, 1.82) is 0 Å². The largest absolute Gasteiger partial charge is 0.478 e. The van der Waals surface area contributed by atoms with Gasteiger partial charge in [-0.05, 0) is 174 Å². The van der Waals surface area contributed by atoms with Crippen molar-refractivity contribution in [2.75, 3.05) is 24.3 Å². The molecule has 1 aromatic carbocycles. The Morgan fingerprint density at radius 3 is 1.28 bits per heavy atom. The standard InChI is InChI=1S/C11H20N2.C10H13N3O2S.C10H18N2.2C9H14F2O.C9H14O3.2C8H14N2.C8H12N2/c1-10(2,3)9-7-12-13(8-9)11(4,5)6;1-7-5-4-6-8-9(7)13(2)11-10(8)12-16(3,14)15;1-8(2)12-7-9(6-11-12)10(3,4)5;1-8(2,3)5-6-9(4,12)7(10)11;1-8(2,3)4-5-9(12,6-10)7-11;1-8(2,3)5-6-9(4,12)7(10)11;1-8(2,3)7-5-9-10(4)6-7;1-8(2,3)7-5-6-9-10(7)4;1-8(2,3)7-9-5-4-6-10-7/h7-8H,1-6H3;4-6H,1-3H3,(H,11,12);6-8H,1-5H3;7,12H,1-4H3;12H,6-7H2,1-3H3;12H,1-4H3,(H,10,11);2*5-6H,1-4H3;4-6H,1-3H3. The number of carbonyl (C=O) groups is 1. The molecular formula is C82H133F4N13O7S. The summed E-state index contributed by atoms with van der Waals surface area (Å²) in [7, 11) is 2.41. The van der Waals surface area contributed by atoms with Crippen molar-refractivity contribution in [3.63, 3.8) is 0 Å². The van der Waals surface area contributed by atoms with E-state index in [4.69, 9.17) is 15.3 Å². The number of benzene rings is 1. The van der Waals surface area contributed by atoms with Crippen LogP contribution in [0.4, 0.5) is 23.4 Å². The molecule has 0 radical (unpaired) electrons. The van der Waals surface area contributed by atoms with E-state index in [9.17, 15) is 35.9 Å². The van der Waals surface area contributed by atoms with Crippen LogP contribution in [0.15, 0.2) is 86.1 Å². The first-order valence-electron chi connectivity index (χ1n) is 35.4. The van der Waals surface area contributed by atoms with Gasteiger partial charge in [0.1, 0.15) is 19.2 Å². The van der Waals surface area contributed by atoms with Gasteiger partial charge < -0.3 is 20.4 Å². The monoisotopic (exact) mass is 1520 g/mol. The number of para-hydroxylation sites is 1. The van der Waals surface area contributed by atoms with Gasteiger partial charge >= 0.3 is 5.97 Å². The SMILES string of the molecule is CC(C)(C)C#CC(C)(O)C(=O)O.CC(C)(C)C#CC(C)(O)C(F)F.CC(C)(C)C#CC(O)(CF)CF.CC(C)(C)c1cnn(C(C)(C)C)c1.CC(C)(C)c1ncccn1.CC(C)n1cc(C(C)(C)C)cn1.Cc1cccc2c(NS(C)(=O)=O)nn(C)c12.Cn1cc(C(C)(C)C)cn1.Cn1nccc1C(C)(C)C. The fourth-order valence-electron chi connectivity index (χ4n) is 7.61. The maximum atomic E-state index is 12.0. The van der Waals surface area contributed by atoms with Crippen LogP contribution in [-0.2, 0) is 68.6 Å². The Labute approximate surface area is 640 Å². The molecular weight excluding hydrogens is 1390 g/mol. The van der Waals surface area contributed by atoms with Crippen LogP contribution in [0.3, 0.4) is 0 Å². The lowest BCUT2D eigenvalue weighted by atomic mass is 9.90. The second-order valence-corrected chi connectivity index (χ2v) is 37.9. The third-order valence-electron chi connectivity index (χ3n) is 14.2. The predicted octanol–water partition coefficient (Wildman–Crippen LogP) is 16.8. The fourth-order valence-corrected chi connectivity index (χ4v) is 8.11. The van der Waals surface area contributed by atoms with Gasteiger partial charge in [-0.15, -0.1) is 0 Å². The predicted molar refractivity (Wildman–Crippen MR) is 429 cm³/mol. The number of carboxylic acid groups (broad SMARTS) is 1. The van der Waals surface area contributed by atoms with Gasteiger partial charge in [0.15, 0.2) is 17.0 Å². The molecule has 20 nitrogen and oxygen atoms in total. The van der Waals surface area contributed by atoms with Gasteiger partial charge in [0.25, 0.3) is 6.43 Å². The Balaban J connectivity index is 0. The van der Waals surface area contributed by atoms with Crippen molar-refractivity contribution in [3.8, 4) is 35.5 Å². The van der Waals surface area contributed by atoms with Crippen LogP contribution in [0.1, 0.15) is 254 Å². The van der Waals surface area contributed by atoms with E-state index in [1.165, 1.54) is 22.4 Å². The maximum Gasteiger partial charge on any atom is 0.348 e. The number of nitrogens with one attached hydrogen (secondary N) is 1. The maximum absolute atomic E-state index is 12.0. The highest BCUT2D eigenvalue weighted by molar-refractivity contribution is 7.92. The molecule has 7 rings (SSSR count). The molecule has 5 N–H and O–H groups in total. The summed E-state index contributed by atoms with van der Waals surface area (Å²) in [6.45, 7) is 61.5. The summed E-state index contributed by atoms with van der Waals surface area (Å²) in [6.07, 6.45) is 15.8. The lowest BCUT2D eigenvalue weighted by Gasteiger charge is -2.20. The molecule has 2 atom stereocenters. The Hall–Kier alpha value is -7.89. The minimum atomic E-state index is -3.29. The first-order chi connectivity index (χ1) is 47.8. The van der Waals surface area contributed by atoms with E-state index in [1.807, 2.05) is 110 Å². The number of nitrogens with zero attached hydrogens (tertiary/aromatic N) is 12. The Morgan fingerprint density at radius 1 is 0.542 bits per heavy atom. The van der Waals surface area contributed by atoms with Gasteiger partial charge in [0, 0.05) is 103 Å². The molecule has 0 aliphatic rings. The van der Waals surface area contributed by atoms with Gasteiger partial charge in [0.2, 0.25) is 15.6 Å². The van der Waals surface area contributed by atoms with Crippen molar-refractivity contribution in [3.05, 3.63) is 120 Å². The van der Waals surface area contributed by atoms with E-state index >= 15 is 0 Å². The minimum Gasteiger partial charge on any atom is -0.478 e. The summed E-state index contributed by atoms with van der Waals surface area (Å²) >= 11 is 0. The number of carboxylic acids is 1. The molecule has 7 aromatic rings. The van der Waals surface area contributed by atoms with Gasteiger partial charge in [-0.3, -0.25) is 28.1 Å². The van der Waals surface area contributed by atoms with Crippen LogP contribution in [0, 0.1) is 58.7 Å². The minimum absolute atomic E-state index is 0.0707. The molecule has 25 heteroatoms. The molecule has 6 heterocycles. The first-order valence-corrected chi connectivity index (χ1v) is 37.3. The smallest absolute Gasteiger partial charge is 0.348 e. The summed E-state index contributed by atoms with van der Waals surface area (Å²) in [5, 5.41) is 57.6. The van der Waals surface area contributed by atoms with Crippen molar-refractivity contribution in [1.82, 2.24) is 58.9 Å². The van der Waals surface area contributed by atoms with Crippen LogP contribution in [0.25, 0.3) is 10.9 Å². The molecule has 0 fully saturated rings. The van der Waals surface area contributed by atoms with E-state index in [2.05, 4.69) is 239 Å². The fraction of sp³-hybridized carbons (Fsp3) is 0.634. The molecule has 0 aliphatic heterocycles. The molecule has 2 unspecified atom stereocenters. The number of aromatic nitrogens is 12. The lowest BCUT2D eigenvalue weighted by Crippen LogP contribution is -2.33. The number of sulfonamides is 1. The zero-order chi connectivity index (χ0) is 84.5. The van der Waals surface area contributed by atoms with Crippen LogP contribution >= 0.6 is 0 Å². The van der Waals surface area contributed by atoms with Gasteiger partial charge in [-0.2, -0.15) is 25.5 Å². The quantitative estimate of drug-likeness (QED) is 0.0735. The third-order valence-corrected chi connectivity index (χ3v) is 14.8. The summed E-state index contributed by atoms with van der Waals surface area (Å²) in [4.78, 5) is 18.7.